The van der Waals surface area contributed by atoms with Crippen LogP contribution in [-0.2, 0) is 20.9 Å². The average molecular weight is 461 g/mol. The highest BCUT2D eigenvalue weighted by molar-refractivity contribution is 7.13. The van der Waals surface area contributed by atoms with Gasteiger partial charge in [-0.3, -0.25) is 9.59 Å². The van der Waals surface area contributed by atoms with Gasteiger partial charge in [-0.1, -0.05) is 58.0 Å². The van der Waals surface area contributed by atoms with Gasteiger partial charge >= 0.3 is 6.09 Å². The maximum Gasteiger partial charge on any atom is 0.408 e. The summed E-state index contributed by atoms with van der Waals surface area (Å²) in [6, 6.07) is 8.29. The van der Waals surface area contributed by atoms with Crippen LogP contribution in [0.5, 0.6) is 0 Å². The average Bonchev–Trinajstić information content (AvgIpc) is 3.20. The lowest BCUT2D eigenvalue weighted by atomic mass is 9.99. The van der Waals surface area contributed by atoms with Crippen molar-refractivity contribution >= 4 is 34.9 Å². The zero-order chi connectivity index (χ0) is 23.5. The van der Waals surface area contributed by atoms with Gasteiger partial charge in [0.05, 0.1) is 11.7 Å². The van der Waals surface area contributed by atoms with E-state index in [4.69, 9.17) is 4.74 Å². The number of aromatic nitrogens is 1. The van der Waals surface area contributed by atoms with Gasteiger partial charge in [-0.2, -0.15) is 0 Å². The third-order valence-corrected chi connectivity index (χ3v) is 5.41. The highest BCUT2D eigenvalue weighted by Crippen LogP contribution is 2.25. The molecule has 0 unspecified atom stereocenters. The lowest BCUT2D eigenvalue weighted by Gasteiger charge is -2.24. The van der Waals surface area contributed by atoms with Crippen LogP contribution < -0.4 is 16.0 Å². The topological polar surface area (TPSA) is 109 Å². The molecular weight excluding hydrogens is 428 g/mol. The zero-order valence-corrected chi connectivity index (χ0v) is 19.8. The van der Waals surface area contributed by atoms with Crippen molar-refractivity contribution in [2.24, 2.45) is 11.8 Å². The first-order valence-electron chi connectivity index (χ1n) is 10.7. The third-order valence-electron chi connectivity index (χ3n) is 4.61. The van der Waals surface area contributed by atoms with Crippen LogP contribution in [0.25, 0.3) is 0 Å². The third kappa shape index (κ3) is 8.66. The predicted molar refractivity (Wildman–Crippen MR) is 125 cm³/mol. The van der Waals surface area contributed by atoms with Gasteiger partial charge in [0, 0.05) is 5.38 Å². The zero-order valence-electron chi connectivity index (χ0n) is 19.0. The number of ether oxygens (including phenoxy) is 1. The van der Waals surface area contributed by atoms with Crippen molar-refractivity contribution in [3.63, 3.8) is 0 Å². The first-order valence-corrected chi connectivity index (χ1v) is 11.6. The summed E-state index contributed by atoms with van der Waals surface area (Å²) in [5.41, 5.74) is 1.55. The number of rotatable bonds is 12. The lowest BCUT2D eigenvalue weighted by molar-refractivity contribution is -0.124. The molecule has 0 saturated carbocycles. The van der Waals surface area contributed by atoms with E-state index in [9.17, 15) is 14.4 Å². The summed E-state index contributed by atoms with van der Waals surface area (Å²) < 4.78 is 5.29. The Morgan fingerprint density at radius 2 is 1.75 bits per heavy atom. The molecule has 1 aromatic carbocycles. The van der Waals surface area contributed by atoms with Gasteiger partial charge in [-0.15, -0.1) is 11.3 Å². The molecule has 0 radical (unpaired) electrons. The molecule has 8 nitrogen and oxygen atoms in total. The molecule has 32 heavy (non-hydrogen) atoms. The van der Waals surface area contributed by atoms with Gasteiger partial charge < -0.3 is 20.7 Å². The second-order valence-corrected chi connectivity index (χ2v) is 9.28. The first kappa shape index (κ1) is 25.3. The Morgan fingerprint density at radius 3 is 2.38 bits per heavy atom. The number of benzene rings is 1. The molecule has 0 bridgehead atoms. The van der Waals surface area contributed by atoms with Crippen LogP contribution in [0, 0.1) is 11.8 Å². The lowest BCUT2D eigenvalue weighted by Crippen LogP contribution is -2.48. The van der Waals surface area contributed by atoms with E-state index < -0.39 is 12.1 Å². The number of hydrogen-bond donors (Lipinski definition) is 3. The molecule has 2 rings (SSSR count). The van der Waals surface area contributed by atoms with Crippen LogP contribution in [0.3, 0.4) is 0 Å². The molecule has 1 aromatic heterocycles. The smallest absolute Gasteiger partial charge is 0.408 e. The van der Waals surface area contributed by atoms with Crippen LogP contribution in [0.1, 0.15) is 57.8 Å². The minimum atomic E-state index is -0.737. The maximum atomic E-state index is 13.1. The fourth-order valence-corrected chi connectivity index (χ4v) is 3.89. The Bertz CT molecular complexity index is 870. The Labute approximate surface area is 193 Å². The van der Waals surface area contributed by atoms with Crippen molar-refractivity contribution in [1.82, 2.24) is 15.6 Å². The molecule has 3 amide bonds. The van der Waals surface area contributed by atoms with Crippen molar-refractivity contribution in [2.45, 2.75) is 59.2 Å². The summed E-state index contributed by atoms with van der Waals surface area (Å²) in [6.45, 7) is 8.22. The highest BCUT2D eigenvalue weighted by Gasteiger charge is 2.27. The van der Waals surface area contributed by atoms with E-state index in [-0.39, 0.29) is 24.5 Å². The van der Waals surface area contributed by atoms with Gasteiger partial charge in [0.25, 0.3) is 0 Å². The number of alkyl carbamates (subject to hydrolysis) is 1. The quantitative estimate of drug-likeness (QED) is 0.410. The van der Waals surface area contributed by atoms with Crippen LogP contribution in [0.4, 0.5) is 9.93 Å². The first-order chi connectivity index (χ1) is 15.3. The molecule has 1 heterocycles. The second kappa shape index (κ2) is 12.8. The highest BCUT2D eigenvalue weighted by atomic mass is 32.1. The Hall–Kier alpha value is -2.94. The molecule has 0 spiro atoms. The number of nitrogens with one attached hydrogen (secondary N) is 3. The van der Waals surface area contributed by atoms with E-state index >= 15 is 0 Å². The van der Waals surface area contributed by atoms with Crippen molar-refractivity contribution in [3.8, 4) is 0 Å². The van der Waals surface area contributed by atoms with E-state index in [1.54, 1.807) is 0 Å². The van der Waals surface area contributed by atoms with Gasteiger partial charge in [0.1, 0.15) is 12.6 Å². The molecule has 0 saturated heterocycles. The molecule has 174 valence electrons. The largest absolute Gasteiger partial charge is 0.445 e. The Morgan fingerprint density at radius 1 is 1.06 bits per heavy atom. The Balaban J connectivity index is 2.05. The number of amides is 3. The minimum absolute atomic E-state index is 0.129. The number of carbonyl (C=O) groups is 3. The van der Waals surface area contributed by atoms with E-state index in [2.05, 4.69) is 34.8 Å². The van der Waals surface area contributed by atoms with Gasteiger partial charge in [-0.05, 0) is 30.2 Å². The Kier molecular flexibility index (Phi) is 10.1. The van der Waals surface area contributed by atoms with Gasteiger partial charge in [-0.25, -0.2) is 9.78 Å². The summed E-state index contributed by atoms with van der Waals surface area (Å²) in [4.78, 5) is 40.5. The molecular formula is C23H32N4O4S. The molecule has 3 N–H and O–H groups in total. The minimum Gasteiger partial charge on any atom is -0.445 e. The fraction of sp³-hybridized carbons (Fsp3) is 0.478. The summed E-state index contributed by atoms with van der Waals surface area (Å²) in [6.07, 6.45) is 1.07. The van der Waals surface area contributed by atoms with Crippen LogP contribution >= 0.6 is 11.3 Å². The normalized spacial score (nSPS) is 12.8. The molecule has 0 aliphatic carbocycles. The molecule has 0 aliphatic heterocycles. The van der Waals surface area contributed by atoms with Gasteiger partial charge in [0.2, 0.25) is 12.3 Å². The predicted octanol–water partition coefficient (Wildman–Crippen LogP) is 4.26. The number of anilines is 1. The summed E-state index contributed by atoms with van der Waals surface area (Å²) in [7, 11) is 0. The fourth-order valence-electron chi connectivity index (χ4n) is 3.17. The van der Waals surface area contributed by atoms with E-state index in [1.165, 1.54) is 11.3 Å². The summed E-state index contributed by atoms with van der Waals surface area (Å²) in [5.74, 6) is 0.196. The van der Waals surface area contributed by atoms with Crippen LogP contribution in [0.15, 0.2) is 35.7 Å². The monoisotopic (exact) mass is 460 g/mol. The van der Waals surface area contributed by atoms with Crippen molar-refractivity contribution in [2.75, 3.05) is 5.32 Å². The summed E-state index contributed by atoms with van der Waals surface area (Å²) in [5, 5.41) is 10.5. The number of thiazole rings is 1. The molecule has 9 heteroatoms. The maximum absolute atomic E-state index is 13.1. The van der Waals surface area contributed by atoms with Gasteiger partial charge in [0.15, 0.2) is 5.13 Å². The van der Waals surface area contributed by atoms with Crippen molar-refractivity contribution in [1.29, 1.82) is 0 Å². The standard InChI is InChI=1S/C23H32N4O4S/c1-15(2)10-18(20-13-32-22(26-20)24-14-28)25-21(29)19(11-16(3)4)27-23(30)31-12-17-8-6-5-7-9-17/h5-9,13-16,18-19H,10-12H2,1-4H3,(H,25,29)(H,27,30)(H,24,26,28)/t18-,19+/m1/s1. The molecule has 0 aliphatic rings. The van der Waals surface area contributed by atoms with E-state index in [1.807, 2.05) is 49.6 Å². The van der Waals surface area contributed by atoms with Crippen molar-refractivity contribution in [3.05, 3.63) is 47.0 Å². The van der Waals surface area contributed by atoms with E-state index in [0.717, 1.165) is 5.56 Å². The number of carbonyl (C=O) groups excluding carboxylic acids is 3. The van der Waals surface area contributed by atoms with Crippen LogP contribution in [0.2, 0.25) is 0 Å². The van der Waals surface area contributed by atoms with Crippen LogP contribution in [-0.4, -0.2) is 29.4 Å². The van der Waals surface area contributed by atoms with E-state index in [0.29, 0.717) is 36.0 Å². The second-order valence-electron chi connectivity index (χ2n) is 8.42. The molecule has 0 fully saturated rings. The number of nitrogens with zero attached hydrogens (tertiary/aromatic N) is 1. The molecule has 2 atom stereocenters. The molecule has 2 aromatic rings. The summed E-state index contributed by atoms with van der Waals surface area (Å²) >= 11 is 1.30. The SMILES string of the molecule is CC(C)C[C@H](NC(=O)OCc1ccccc1)C(=O)N[C@H](CC(C)C)c1csc(NC=O)n1. The number of hydrogen-bond acceptors (Lipinski definition) is 6. The van der Waals surface area contributed by atoms with Crippen molar-refractivity contribution < 1.29 is 19.1 Å².